The van der Waals surface area contributed by atoms with Crippen molar-refractivity contribution in [1.82, 2.24) is 5.32 Å². The highest BCUT2D eigenvalue weighted by Crippen LogP contribution is 2.31. The summed E-state index contributed by atoms with van der Waals surface area (Å²) >= 11 is 0. The maximum absolute atomic E-state index is 12.4. The molecule has 0 bridgehead atoms. The summed E-state index contributed by atoms with van der Waals surface area (Å²) in [5, 5.41) is 2.97. The van der Waals surface area contributed by atoms with Crippen molar-refractivity contribution in [2.75, 3.05) is 5.73 Å². The highest BCUT2D eigenvalue weighted by atomic mass is 35.5. The summed E-state index contributed by atoms with van der Waals surface area (Å²) in [5.41, 5.74) is 9.01. The molecule has 0 heterocycles. The van der Waals surface area contributed by atoms with Crippen LogP contribution in [0.2, 0.25) is 0 Å². The average molecular weight is 369 g/mol. The van der Waals surface area contributed by atoms with E-state index in [9.17, 15) is 13.6 Å². The van der Waals surface area contributed by atoms with Gasteiger partial charge in [0.1, 0.15) is 5.75 Å². The minimum Gasteiger partial charge on any atom is -0.435 e. The molecule has 1 unspecified atom stereocenters. The number of rotatable bonds is 4. The van der Waals surface area contributed by atoms with Gasteiger partial charge in [0.15, 0.2) is 0 Å². The van der Waals surface area contributed by atoms with E-state index < -0.39 is 6.61 Å². The van der Waals surface area contributed by atoms with Crippen molar-refractivity contribution < 1.29 is 18.3 Å². The van der Waals surface area contributed by atoms with Crippen LogP contribution in [0, 0.1) is 0 Å². The third-order valence-electron chi connectivity index (χ3n) is 4.11. The third kappa shape index (κ3) is 4.60. The van der Waals surface area contributed by atoms with Gasteiger partial charge >= 0.3 is 6.61 Å². The van der Waals surface area contributed by atoms with Crippen LogP contribution in [0.25, 0.3) is 0 Å². The number of nitrogens with two attached hydrogens (primary N) is 1. The summed E-state index contributed by atoms with van der Waals surface area (Å²) in [4.78, 5) is 12.4. The van der Waals surface area contributed by atoms with Crippen molar-refractivity contribution >= 4 is 24.0 Å². The number of halogens is 3. The van der Waals surface area contributed by atoms with Crippen molar-refractivity contribution in [1.29, 1.82) is 0 Å². The third-order valence-corrected chi connectivity index (χ3v) is 4.11. The van der Waals surface area contributed by atoms with E-state index in [1.54, 1.807) is 6.07 Å². The van der Waals surface area contributed by atoms with E-state index in [4.69, 9.17) is 5.73 Å². The highest BCUT2D eigenvalue weighted by Gasteiger charge is 2.22. The molecule has 0 aliphatic heterocycles. The molecule has 2 aromatic rings. The Hall–Kier alpha value is -2.34. The molecule has 1 amide bonds. The van der Waals surface area contributed by atoms with Gasteiger partial charge in [-0.05, 0) is 60.7 Å². The number of ether oxygens (including phenoxy) is 1. The molecule has 134 valence electrons. The molecule has 3 rings (SSSR count). The first-order valence-electron chi connectivity index (χ1n) is 7.77. The molecule has 7 heteroatoms. The van der Waals surface area contributed by atoms with Crippen LogP contribution >= 0.6 is 12.4 Å². The molecule has 0 saturated carbocycles. The molecule has 0 fully saturated rings. The molecular weight excluding hydrogens is 350 g/mol. The van der Waals surface area contributed by atoms with Crippen LogP contribution < -0.4 is 15.8 Å². The van der Waals surface area contributed by atoms with E-state index in [0.29, 0.717) is 5.69 Å². The minimum atomic E-state index is -2.92. The monoisotopic (exact) mass is 368 g/mol. The first kappa shape index (κ1) is 19.0. The van der Waals surface area contributed by atoms with Gasteiger partial charge in [0.05, 0.1) is 6.04 Å². The van der Waals surface area contributed by atoms with E-state index in [0.717, 1.165) is 30.4 Å². The van der Waals surface area contributed by atoms with Crippen LogP contribution in [-0.4, -0.2) is 12.5 Å². The lowest BCUT2D eigenvalue weighted by atomic mass is 9.87. The van der Waals surface area contributed by atoms with Crippen LogP contribution in [0.4, 0.5) is 14.5 Å². The molecule has 0 aromatic heterocycles. The highest BCUT2D eigenvalue weighted by molar-refractivity contribution is 5.94. The Kier molecular flexibility index (Phi) is 6.20. The minimum absolute atomic E-state index is 0. The number of aryl methyl sites for hydroxylation is 1. The van der Waals surface area contributed by atoms with Gasteiger partial charge < -0.3 is 15.8 Å². The maximum Gasteiger partial charge on any atom is 0.387 e. The zero-order valence-corrected chi connectivity index (χ0v) is 14.2. The number of hydrogen-bond donors (Lipinski definition) is 2. The number of nitrogen functional groups attached to an aromatic ring is 1. The van der Waals surface area contributed by atoms with Gasteiger partial charge in [-0.25, -0.2) is 0 Å². The summed E-state index contributed by atoms with van der Waals surface area (Å²) in [7, 11) is 0. The summed E-state index contributed by atoms with van der Waals surface area (Å²) in [6.45, 7) is -2.92. The number of carbonyl (C=O) groups excluding carboxylic acids is 1. The van der Waals surface area contributed by atoms with Crippen LogP contribution in [0.1, 0.15) is 40.4 Å². The SMILES string of the molecule is Cl.Nc1ccc2c(c1)CCCC2NC(=O)c1cccc(OC(F)F)c1. The second-order valence-electron chi connectivity index (χ2n) is 5.78. The van der Waals surface area contributed by atoms with Crippen molar-refractivity contribution in [3.8, 4) is 5.75 Å². The van der Waals surface area contributed by atoms with E-state index in [1.807, 2.05) is 18.2 Å². The largest absolute Gasteiger partial charge is 0.435 e. The molecular formula is C18H19ClF2N2O2. The lowest BCUT2D eigenvalue weighted by Gasteiger charge is -2.26. The molecule has 4 nitrogen and oxygen atoms in total. The normalized spacial score (nSPS) is 15.9. The number of fused-ring (bicyclic) bond motifs is 1. The number of carbonyl (C=O) groups is 1. The van der Waals surface area contributed by atoms with Crippen LogP contribution in [0.15, 0.2) is 42.5 Å². The van der Waals surface area contributed by atoms with Gasteiger partial charge in [-0.15, -0.1) is 12.4 Å². The van der Waals surface area contributed by atoms with E-state index in [2.05, 4.69) is 10.1 Å². The summed E-state index contributed by atoms with van der Waals surface area (Å²) in [6, 6.07) is 11.4. The molecule has 1 atom stereocenters. The molecule has 3 N–H and O–H groups in total. The topological polar surface area (TPSA) is 64.3 Å². The first-order valence-corrected chi connectivity index (χ1v) is 7.77. The summed E-state index contributed by atoms with van der Waals surface area (Å²) < 4.78 is 28.9. The van der Waals surface area contributed by atoms with Gasteiger partial charge in [-0.1, -0.05) is 12.1 Å². The Bertz CT molecular complexity index is 756. The lowest BCUT2D eigenvalue weighted by Crippen LogP contribution is -2.31. The van der Waals surface area contributed by atoms with Crippen molar-refractivity contribution in [2.24, 2.45) is 0 Å². The Morgan fingerprint density at radius 3 is 2.80 bits per heavy atom. The predicted molar refractivity (Wildman–Crippen MR) is 94.3 cm³/mol. The van der Waals surface area contributed by atoms with Crippen LogP contribution in [0.3, 0.4) is 0 Å². The Balaban J connectivity index is 0.00000225. The van der Waals surface area contributed by atoms with Crippen molar-refractivity contribution in [3.63, 3.8) is 0 Å². The molecule has 2 aromatic carbocycles. The van der Waals surface area contributed by atoms with Crippen molar-refractivity contribution in [3.05, 3.63) is 59.2 Å². The quantitative estimate of drug-likeness (QED) is 0.798. The van der Waals surface area contributed by atoms with E-state index >= 15 is 0 Å². The Morgan fingerprint density at radius 2 is 2.04 bits per heavy atom. The second kappa shape index (κ2) is 8.16. The molecule has 0 spiro atoms. The van der Waals surface area contributed by atoms with Gasteiger partial charge in [0, 0.05) is 11.3 Å². The van der Waals surface area contributed by atoms with Gasteiger partial charge in [-0.3, -0.25) is 4.79 Å². The number of nitrogens with one attached hydrogen (secondary N) is 1. The standard InChI is InChI=1S/C18H18F2N2O2.ClH/c19-18(20)24-14-5-1-4-12(10-14)17(23)22-16-6-2-3-11-9-13(21)7-8-15(11)16;/h1,4-5,7-10,16,18H,2-3,6,21H2,(H,22,23);1H. The van der Waals surface area contributed by atoms with Gasteiger partial charge in [-0.2, -0.15) is 8.78 Å². The molecule has 1 aliphatic rings. The van der Waals surface area contributed by atoms with E-state index in [1.165, 1.54) is 18.2 Å². The fraction of sp³-hybridized carbons (Fsp3) is 0.278. The summed E-state index contributed by atoms with van der Waals surface area (Å²) in [6.07, 6.45) is 2.72. The Morgan fingerprint density at radius 1 is 1.24 bits per heavy atom. The fourth-order valence-electron chi connectivity index (χ4n) is 3.04. The zero-order valence-electron chi connectivity index (χ0n) is 13.4. The van der Waals surface area contributed by atoms with Crippen LogP contribution in [0.5, 0.6) is 5.75 Å². The molecule has 1 aliphatic carbocycles. The maximum atomic E-state index is 12.4. The fourth-order valence-corrected chi connectivity index (χ4v) is 3.04. The van der Waals surface area contributed by atoms with E-state index in [-0.39, 0.29) is 35.7 Å². The molecule has 25 heavy (non-hydrogen) atoms. The van der Waals surface area contributed by atoms with Crippen molar-refractivity contribution in [2.45, 2.75) is 31.9 Å². The smallest absolute Gasteiger partial charge is 0.387 e. The predicted octanol–water partition coefficient (Wildman–Crippen LogP) is 4.10. The van der Waals surface area contributed by atoms with Gasteiger partial charge in [0.2, 0.25) is 0 Å². The lowest BCUT2D eigenvalue weighted by molar-refractivity contribution is -0.0498. The molecule has 0 radical (unpaired) electrons. The second-order valence-corrected chi connectivity index (χ2v) is 5.78. The number of hydrogen-bond acceptors (Lipinski definition) is 3. The number of anilines is 1. The number of alkyl halides is 2. The first-order chi connectivity index (χ1) is 11.5. The average Bonchev–Trinajstić information content (AvgIpc) is 2.54. The summed E-state index contributed by atoms with van der Waals surface area (Å²) in [5.74, 6) is -0.348. The number of amides is 1. The van der Waals surface area contributed by atoms with Gasteiger partial charge in [0.25, 0.3) is 5.91 Å². The zero-order chi connectivity index (χ0) is 17.1. The molecule has 0 saturated heterocycles. The number of benzene rings is 2. The Labute approximate surface area is 150 Å². The van der Waals surface area contributed by atoms with Crippen LogP contribution in [-0.2, 0) is 6.42 Å².